The Morgan fingerprint density at radius 3 is 2.40 bits per heavy atom. The second-order valence-electron chi connectivity index (χ2n) is 7.04. The number of ether oxygens (including phenoxy) is 1. The zero-order valence-electron chi connectivity index (χ0n) is 16.9. The first-order valence-electron chi connectivity index (χ1n) is 9.83. The van der Waals surface area contributed by atoms with Gasteiger partial charge >= 0.3 is 5.97 Å². The number of nitrogens with one attached hydrogen (secondary N) is 2. The Balaban J connectivity index is 1.83. The number of carbonyl (C=O) groups excluding carboxylic acids is 2. The van der Waals surface area contributed by atoms with Gasteiger partial charge in [-0.2, -0.15) is 0 Å². The second-order valence-corrected chi connectivity index (χ2v) is 7.04. The Kier molecular flexibility index (Phi) is 5.35. The fraction of sp³-hybridized carbons (Fsp3) is 0.120. The van der Waals surface area contributed by atoms with E-state index in [9.17, 15) is 9.59 Å². The summed E-state index contributed by atoms with van der Waals surface area (Å²) >= 11 is 0. The maximum Gasteiger partial charge on any atom is 0.338 e. The summed E-state index contributed by atoms with van der Waals surface area (Å²) in [5, 5.41) is 6.31. The third kappa shape index (κ3) is 3.82. The summed E-state index contributed by atoms with van der Waals surface area (Å²) in [5.74, 6) is -0.627. The lowest BCUT2D eigenvalue weighted by molar-refractivity contribution is -0.110. The molecule has 3 aromatic carbocycles. The third-order valence-electron chi connectivity index (χ3n) is 4.91. The van der Waals surface area contributed by atoms with Gasteiger partial charge in [0.15, 0.2) is 0 Å². The molecule has 0 saturated carbocycles. The van der Waals surface area contributed by atoms with E-state index in [1.54, 1.807) is 25.1 Å². The Bertz CT molecular complexity index is 1130. The van der Waals surface area contributed by atoms with E-state index in [4.69, 9.17) is 4.74 Å². The van der Waals surface area contributed by atoms with Gasteiger partial charge in [0, 0.05) is 11.3 Å². The van der Waals surface area contributed by atoms with Gasteiger partial charge in [0.25, 0.3) is 5.91 Å². The number of hydrogen-bond donors (Lipinski definition) is 2. The molecule has 0 aliphatic carbocycles. The lowest BCUT2D eigenvalue weighted by Gasteiger charge is -2.15. The molecule has 5 heteroatoms. The molecule has 30 heavy (non-hydrogen) atoms. The summed E-state index contributed by atoms with van der Waals surface area (Å²) in [7, 11) is 0. The summed E-state index contributed by atoms with van der Waals surface area (Å²) in [5.41, 5.74) is 5.93. The molecule has 1 aliphatic heterocycles. The van der Waals surface area contributed by atoms with Crippen LogP contribution in [0.15, 0.2) is 72.8 Å². The van der Waals surface area contributed by atoms with Crippen LogP contribution in [-0.4, -0.2) is 18.5 Å². The van der Waals surface area contributed by atoms with Crippen LogP contribution in [-0.2, 0) is 9.53 Å². The number of amides is 1. The molecule has 5 nitrogen and oxygen atoms in total. The summed E-state index contributed by atoms with van der Waals surface area (Å²) in [6.45, 7) is 4.09. The van der Waals surface area contributed by atoms with E-state index < -0.39 is 5.97 Å². The highest BCUT2D eigenvalue weighted by molar-refractivity contribution is 6.37. The van der Waals surface area contributed by atoms with Crippen molar-refractivity contribution in [2.24, 2.45) is 0 Å². The highest BCUT2D eigenvalue weighted by atomic mass is 16.5. The first-order valence-corrected chi connectivity index (χ1v) is 9.83. The van der Waals surface area contributed by atoms with E-state index in [2.05, 4.69) is 10.6 Å². The smallest absolute Gasteiger partial charge is 0.338 e. The van der Waals surface area contributed by atoms with Crippen molar-refractivity contribution in [3.05, 3.63) is 95.1 Å². The molecule has 1 aliphatic rings. The maximum atomic E-state index is 13.0. The molecule has 2 N–H and O–H groups in total. The van der Waals surface area contributed by atoms with Crippen LogP contribution in [0.5, 0.6) is 0 Å². The van der Waals surface area contributed by atoms with Crippen LogP contribution in [0, 0.1) is 6.92 Å². The number of hydrogen-bond acceptors (Lipinski definition) is 4. The standard InChI is InChI=1S/C25H22N2O3/c1-3-30-25(29)18-11-14-20-21(15-18)27-24(28)22(20)23(17-7-5-4-6-8-17)26-19-12-9-16(2)10-13-19/h4-15,26H,3H2,1-2H3,(H,27,28)/b23-22-. The largest absolute Gasteiger partial charge is 0.462 e. The van der Waals surface area contributed by atoms with E-state index in [0.29, 0.717) is 29.1 Å². The molecule has 0 unspecified atom stereocenters. The highest BCUT2D eigenvalue weighted by Gasteiger charge is 2.29. The molecule has 4 rings (SSSR count). The van der Waals surface area contributed by atoms with Gasteiger partial charge in [-0.3, -0.25) is 4.79 Å². The fourth-order valence-corrected chi connectivity index (χ4v) is 3.43. The number of benzene rings is 3. The predicted octanol–water partition coefficient (Wildman–Crippen LogP) is 5.10. The predicted molar refractivity (Wildman–Crippen MR) is 119 cm³/mol. The van der Waals surface area contributed by atoms with Crippen molar-refractivity contribution in [3.8, 4) is 0 Å². The molecule has 0 fully saturated rings. The molecular weight excluding hydrogens is 376 g/mol. The average Bonchev–Trinajstić information content (AvgIpc) is 3.09. The minimum atomic E-state index is -0.409. The quantitative estimate of drug-likeness (QED) is 0.463. The van der Waals surface area contributed by atoms with Gasteiger partial charge in [0.2, 0.25) is 0 Å². The molecule has 0 saturated heterocycles. The van der Waals surface area contributed by atoms with Crippen molar-refractivity contribution in [2.75, 3.05) is 17.2 Å². The fourth-order valence-electron chi connectivity index (χ4n) is 3.43. The monoisotopic (exact) mass is 398 g/mol. The van der Waals surface area contributed by atoms with Crippen molar-refractivity contribution in [1.82, 2.24) is 0 Å². The summed E-state index contributed by atoms with van der Waals surface area (Å²) in [6, 6.07) is 22.9. The van der Waals surface area contributed by atoms with Crippen molar-refractivity contribution in [3.63, 3.8) is 0 Å². The lowest BCUT2D eigenvalue weighted by Crippen LogP contribution is -2.10. The molecule has 0 radical (unpaired) electrons. The zero-order chi connectivity index (χ0) is 21.1. The van der Waals surface area contributed by atoms with Gasteiger partial charge in [-0.1, -0.05) is 54.1 Å². The van der Waals surface area contributed by atoms with Gasteiger partial charge in [0.05, 0.1) is 29.1 Å². The van der Waals surface area contributed by atoms with Crippen LogP contribution in [0.25, 0.3) is 11.3 Å². The summed E-state index contributed by atoms with van der Waals surface area (Å²) < 4.78 is 5.07. The molecule has 0 aromatic heterocycles. The van der Waals surface area contributed by atoms with Crippen LogP contribution < -0.4 is 10.6 Å². The minimum Gasteiger partial charge on any atom is -0.462 e. The molecular formula is C25H22N2O3. The highest BCUT2D eigenvalue weighted by Crippen LogP contribution is 2.38. The van der Waals surface area contributed by atoms with Crippen LogP contribution in [0.2, 0.25) is 0 Å². The van der Waals surface area contributed by atoms with Crippen LogP contribution in [0.4, 0.5) is 11.4 Å². The van der Waals surface area contributed by atoms with Gasteiger partial charge < -0.3 is 15.4 Å². The van der Waals surface area contributed by atoms with E-state index >= 15 is 0 Å². The van der Waals surface area contributed by atoms with Gasteiger partial charge in [-0.25, -0.2) is 4.79 Å². The molecule has 0 bridgehead atoms. The zero-order valence-corrected chi connectivity index (χ0v) is 16.9. The van der Waals surface area contributed by atoms with E-state index in [1.807, 2.05) is 61.5 Å². The second kappa shape index (κ2) is 8.25. The molecule has 150 valence electrons. The Labute approximate surface area is 175 Å². The Morgan fingerprint density at radius 1 is 0.967 bits per heavy atom. The average molecular weight is 398 g/mol. The first-order chi connectivity index (χ1) is 14.6. The van der Waals surface area contributed by atoms with Crippen LogP contribution >= 0.6 is 0 Å². The molecule has 3 aromatic rings. The summed E-state index contributed by atoms with van der Waals surface area (Å²) in [6.07, 6.45) is 0. The number of carbonyl (C=O) groups is 2. The van der Waals surface area contributed by atoms with Gasteiger partial charge in [-0.05, 0) is 43.7 Å². The van der Waals surface area contributed by atoms with Crippen LogP contribution in [0.3, 0.4) is 0 Å². The topological polar surface area (TPSA) is 67.4 Å². The molecule has 1 heterocycles. The number of rotatable bonds is 5. The minimum absolute atomic E-state index is 0.218. The molecule has 1 amide bonds. The van der Waals surface area contributed by atoms with Crippen molar-refractivity contribution in [2.45, 2.75) is 13.8 Å². The Morgan fingerprint density at radius 2 is 1.70 bits per heavy atom. The maximum absolute atomic E-state index is 13.0. The van der Waals surface area contributed by atoms with Crippen molar-refractivity contribution < 1.29 is 14.3 Å². The molecule has 0 atom stereocenters. The normalized spacial score (nSPS) is 14.0. The van der Waals surface area contributed by atoms with Crippen LogP contribution in [0.1, 0.15) is 34.0 Å². The molecule has 0 spiro atoms. The first kappa shape index (κ1) is 19.5. The van der Waals surface area contributed by atoms with Gasteiger partial charge in [-0.15, -0.1) is 0 Å². The Hall–Kier alpha value is -3.86. The number of aryl methyl sites for hydroxylation is 1. The van der Waals surface area contributed by atoms with E-state index in [-0.39, 0.29) is 5.91 Å². The lowest BCUT2D eigenvalue weighted by atomic mass is 9.99. The SMILES string of the molecule is CCOC(=O)c1ccc2c(c1)NC(=O)/C2=C(\Nc1ccc(C)cc1)c1ccccc1. The van der Waals surface area contributed by atoms with Crippen molar-refractivity contribution in [1.29, 1.82) is 0 Å². The van der Waals surface area contributed by atoms with Gasteiger partial charge in [0.1, 0.15) is 0 Å². The summed E-state index contributed by atoms with van der Waals surface area (Å²) in [4.78, 5) is 25.0. The number of esters is 1. The third-order valence-corrected chi connectivity index (χ3v) is 4.91. The number of anilines is 2. The van der Waals surface area contributed by atoms with E-state index in [1.165, 1.54) is 0 Å². The van der Waals surface area contributed by atoms with E-state index in [0.717, 1.165) is 22.4 Å². The number of fused-ring (bicyclic) bond motifs is 1. The van der Waals surface area contributed by atoms with Crippen molar-refractivity contribution >= 4 is 34.5 Å².